The Labute approximate surface area is 146 Å². The first-order valence-corrected chi connectivity index (χ1v) is 8.41. The summed E-state index contributed by atoms with van der Waals surface area (Å²) in [7, 11) is 4.05. The van der Waals surface area contributed by atoms with Gasteiger partial charge in [0.05, 0.1) is 11.7 Å². The Morgan fingerprint density at radius 1 is 1.16 bits per heavy atom. The average molecular weight is 339 g/mol. The summed E-state index contributed by atoms with van der Waals surface area (Å²) in [5, 5.41) is 0. The normalized spacial score (nSPS) is 19.6. The van der Waals surface area contributed by atoms with Crippen LogP contribution in [0.25, 0.3) is 11.3 Å². The number of carbonyl (C=O) groups excluding carboxylic acids is 1. The minimum absolute atomic E-state index is 0.0906. The van der Waals surface area contributed by atoms with Crippen molar-refractivity contribution in [3.8, 4) is 11.3 Å². The van der Waals surface area contributed by atoms with E-state index in [9.17, 15) is 4.79 Å². The molecule has 1 atom stereocenters. The van der Waals surface area contributed by atoms with E-state index in [1.54, 1.807) is 11.1 Å². The van der Waals surface area contributed by atoms with Gasteiger partial charge in [0.25, 0.3) is 0 Å². The van der Waals surface area contributed by atoms with E-state index in [2.05, 4.69) is 39.0 Å². The molecule has 0 aliphatic carbocycles. The number of ether oxygens (including phenoxy) is 1. The predicted molar refractivity (Wildman–Crippen MR) is 95.9 cm³/mol. The Morgan fingerprint density at radius 2 is 1.96 bits per heavy atom. The highest BCUT2D eigenvalue weighted by atomic mass is 16.6. The topological polar surface area (TPSA) is 61.8 Å². The molecule has 2 saturated heterocycles. The molecular formula is C18H21N5O2. The maximum atomic E-state index is 11.6. The number of piperazine rings is 1. The fourth-order valence-corrected chi connectivity index (χ4v) is 3.26. The Kier molecular flexibility index (Phi) is 3.91. The number of anilines is 2. The molecule has 0 N–H and O–H groups in total. The fourth-order valence-electron chi connectivity index (χ4n) is 3.26. The zero-order valence-corrected chi connectivity index (χ0v) is 14.4. The summed E-state index contributed by atoms with van der Waals surface area (Å²) in [5.41, 5.74) is 3.11. The minimum atomic E-state index is -0.208. The number of nitrogens with zero attached hydrogens (tertiary/aromatic N) is 5. The molecule has 2 fully saturated rings. The smallest absolute Gasteiger partial charge is 0.410 e. The second-order valence-electron chi connectivity index (χ2n) is 6.55. The molecule has 7 nitrogen and oxygen atoms in total. The van der Waals surface area contributed by atoms with Crippen LogP contribution in [0.2, 0.25) is 0 Å². The van der Waals surface area contributed by atoms with Gasteiger partial charge in [0, 0.05) is 51.2 Å². The summed E-state index contributed by atoms with van der Waals surface area (Å²) < 4.78 is 5.12. The Bertz CT molecular complexity index is 777. The third-order valence-corrected chi connectivity index (χ3v) is 4.72. The molecule has 0 radical (unpaired) electrons. The molecule has 0 saturated carbocycles. The van der Waals surface area contributed by atoms with Crippen molar-refractivity contribution in [3.05, 3.63) is 36.5 Å². The molecular weight excluding hydrogens is 318 g/mol. The summed E-state index contributed by atoms with van der Waals surface area (Å²) in [6.07, 6.45) is 1.58. The van der Waals surface area contributed by atoms with Gasteiger partial charge in [-0.2, -0.15) is 0 Å². The standard InChI is InChI=1S/C18H21N5O2/c1-21(2)14-5-3-13(4-6-14)16-7-8-19-17(20-16)22-9-10-23-15(11-22)12-25-18(23)24/h3-8,15H,9-12H2,1-2H3. The van der Waals surface area contributed by atoms with Gasteiger partial charge in [-0.25, -0.2) is 14.8 Å². The summed E-state index contributed by atoms with van der Waals surface area (Å²) in [6, 6.07) is 10.3. The Balaban J connectivity index is 1.54. The Morgan fingerprint density at radius 3 is 2.72 bits per heavy atom. The molecule has 1 unspecified atom stereocenters. The van der Waals surface area contributed by atoms with Gasteiger partial charge in [-0.05, 0) is 18.2 Å². The zero-order chi connectivity index (χ0) is 17.4. The van der Waals surface area contributed by atoms with E-state index in [0.29, 0.717) is 32.2 Å². The van der Waals surface area contributed by atoms with Crippen molar-refractivity contribution < 1.29 is 9.53 Å². The third kappa shape index (κ3) is 2.97. The van der Waals surface area contributed by atoms with Crippen molar-refractivity contribution in [1.29, 1.82) is 0 Å². The van der Waals surface area contributed by atoms with Crippen LogP contribution in [-0.2, 0) is 4.74 Å². The molecule has 130 valence electrons. The van der Waals surface area contributed by atoms with Crippen molar-refractivity contribution in [1.82, 2.24) is 14.9 Å². The first kappa shape index (κ1) is 15.7. The largest absolute Gasteiger partial charge is 0.447 e. The average Bonchev–Trinajstić information content (AvgIpc) is 3.02. The first-order chi connectivity index (χ1) is 12.1. The lowest BCUT2D eigenvalue weighted by atomic mass is 10.1. The molecule has 25 heavy (non-hydrogen) atoms. The van der Waals surface area contributed by atoms with Crippen molar-refractivity contribution >= 4 is 17.7 Å². The summed E-state index contributed by atoms with van der Waals surface area (Å²) in [4.78, 5) is 26.8. The minimum Gasteiger partial charge on any atom is -0.447 e. The SMILES string of the molecule is CN(C)c1ccc(-c2ccnc(N3CCN4C(=O)OCC4C3)n2)cc1. The number of aromatic nitrogens is 2. The highest BCUT2D eigenvalue weighted by Crippen LogP contribution is 2.24. The van der Waals surface area contributed by atoms with E-state index in [-0.39, 0.29) is 12.1 Å². The van der Waals surface area contributed by atoms with Gasteiger partial charge in [-0.3, -0.25) is 4.90 Å². The van der Waals surface area contributed by atoms with E-state index < -0.39 is 0 Å². The molecule has 2 aliphatic heterocycles. The molecule has 1 aromatic heterocycles. The van der Waals surface area contributed by atoms with E-state index in [1.165, 1.54) is 0 Å². The molecule has 2 aromatic rings. The van der Waals surface area contributed by atoms with Gasteiger partial charge in [-0.1, -0.05) is 12.1 Å². The number of rotatable bonds is 3. The second-order valence-corrected chi connectivity index (χ2v) is 6.55. The van der Waals surface area contributed by atoms with Gasteiger partial charge >= 0.3 is 6.09 Å². The number of cyclic esters (lactones) is 1. The van der Waals surface area contributed by atoms with Gasteiger partial charge in [0.15, 0.2) is 0 Å². The number of carbonyl (C=O) groups is 1. The first-order valence-electron chi connectivity index (χ1n) is 8.41. The fraction of sp³-hybridized carbons (Fsp3) is 0.389. The molecule has 1 aromatic carbocycles. The van der Waals surface area contributed by atoms with Crippen LogP contribution < -0.4 is 9.80 Å². The van der Waals surface area contributed by atoms with Crippen LogP contribution in [0, 0.1) is 0 Å². The third-order valence-electron chi connectivity index (χ3n) is 4.72. The number of hydrogen-bond donors (Lipinski definition) is 0. The van der Waals surface area contributed by atoms with Crippen LogP contribution in [0.4, 0.5) is 16.4 Å². The Hall–Kier alpha value is -2.83. The molecule has 0 spiro atoms. The van der Waals surface area contributed by atoms with Crippen molar-refractivity contribution in [2.45, 2.75) is 6.04 Å². The maximum Gasteiger partial charge on any atom is 0.410 e. The van der Waals surface area contributed by atoms with E-state index in [1.807, 2.05) is 20.2 Å². The van der Waals surface area contributed by atoms with Crippen LogP contribution in [0.1, 0.15) is 0 Å². The lowest BCUT2D eigenvalue weighted by Gasteiger charge is -2.35. The van der Waals surface area contributed by atoms with Crippen molar-refractivity contribution in [3.63, 3.8) is 0 Å². The van der Waals surface area contributed by atoms with Crippen molar-refractivity contribution in [2.75, 3.05) is 50.1 Å². The lowest BCUT2D eigenvalue weighted by molar-refractivity contribution is 0.157. The van der Waals surface area contributed by atoms with Gasteiger partial charge in [-0.15, -0.1) is 0 Å². The number of benzene rings is 1. The highest BCUT2D eigenvalue weighted by molar-refractivity contribution is 5.71. The van der Waals surface area contributed by atoms with Crippen LogP contribution in [0.15, 0.2) is 36.5 Å². The quantitative estimate of drug-likeness (QED) is 0.850. The molecule has 4 rings (SSSR count). The second kappa shape index (κ2) is 6.23. The van der Waals surface area contributed by atoms with Gasteiger partial charge < -0.3 is 14.5 Å². The summed E-state index contributed by atoms with van der Waals surface area (Å²) >= 11 is 0. The monoisotopic (exact) mass is 339 g/mol. The lowest BCUT2D eigenvalue weighted by Crippen LogP contribution is -2.52. The molecule has 3 heterocycles. The summed E-state index contributed by atoms with van der Waals surface area (Å²) in [5.74, 6) is 0.702. The number of hydrogen-bond acceptors (Lipinski definition) is 6. The summed E-state index contributed by atoms with van der Waals surface area (Å²) in [6.45, 7) is 2.51. The molecule has 7 heteroatoms. The van der Waals surface area contributed by atoms with E-state index >= 15 is 0 Å². The van der Waals surface area contributed by atoms with E-state index in [0.717, 1.165) is 16.9 Å². The number of amides is 1. The van der Waals surface area contributed by atoms with Crippen LogP contribution in [-0.4, -0.2) is 67.3 Å². The van der Waals surface area contributed by atoms with Crippen LogP contribution in [0.5, 0.6) is 0 Å². The van der Waals surface area contributed by atoms with Crippen LogP contribution in [0.3, 0.4) is 0 Å². The van der Waals surface area contributed by atoms with Crippen molar-refractivity contribution in [2.24, 2.45) is 0 Å². The maximum absolute atomic E-state index is 11.6. The van der Waals surface area contributed by atoms with Crippen LogP contribution >= 0.6 is 0 Å². The predicted octanol–water partition coefficient (Wildman–Crippen LogP) is 1.85. The zero-order valence-electron chi connectivity index (χ0n) is 14.4. The highest BCUT2D eigenvalue weighted by Gasteiger charge is 2.38. The molecule has 0 bridgehead atoms. The van der Waals surface area contributed by atoms with E-state index in [4.69, 9.17) is 9.72 Å². The molecule has 2 aliphatic rings. The van der Waals surface area contributed by atoms with Gasteiger partial charge in [0.2, 0.25) is 5.95 Å². The number of fused-ring (bicyclic) bond motifs is 1. The molecule has 1 amide bonds. The van der Waals surface area contributed by atoms with Gasteiger partial charge in [0.1, 0.15) is 6.61 Å².